The molecule has 10 heteroatoms. The second kappa shape index (κ2) is 9.47. The monoisotopic (exact) mass is 381 g/mol. The third-order valence-corrected chi connectivity index (χ3v) is 3.81. The molecule has 1 rings (SSSR count). The van der Waals surface area contributed by atoms with Crippen LogP contribution < -0.4 is 5.32 Å². The highest BCUT2D eigenvalue weighted by atomic mass is 32.1. The molecule has 26 heavy (non-hydrogen) atoms. The molecule has 0 bridgehead atoms. The Balaban J connectivity index is 2.88. The Kier molecular flexibility index (Phi) is 7.66. The topological polar surface area (TPSA) is 127 Å². The van der Waals surface area contributed by atoms with E-state index in [-0.39, 0.29) is 23.1 Å². The van der Waals surface area contributed by atoms with Crippen molar-refractivity contribution in [3.8, 4) is 0 Å². The second-order valence-corrected chi connectivity index (χ2v) is 6.25. The van der Waals surface area contributed by atoms with E-state index in [0.717, 1.165) is 11.3 Å². The number of rotatable bonds is 10. The van der Waals surface area contributed by atoms with E-state index in [2.05, 4.69) is 28.6 Å². The predicted molar refractivity (Wildman–Crippen MR) is 96.4 cm³/mol. The summed E-state index contributed by atoms with van der Waals surface area (Å²) in [5.74, 6) is -2.17. The van der Waals surface area contributed by atoms with Gasteiger partial charge in [-0.3, -0.25) is 14.9 Å². The fraction of sp³-hybridized carbons (Fsp3) is 0.312. The number of carboxylic acids is 1. The minimum absolute atomic E-state index is 0.0437. The zero-order valence-electron chi connectivity index (χ0n) is 14.3. The lowest BCUT2D eigenvalue weighted by Gasteiger charge is -2.26. The third-order valence-electron chi connectivity index (χ3n) is 3.05. The number of nitrogens with one attached hydrogen (secondary N) is 1. The van der Waals surface area contributed by atoms with Gasteiger partial charge < -0.3 is 14.7 Å². The molecule has 2 N–H and O–H groups in total. The summed E-state index contributed by atoms with van der Waals surface area (Å²) in [5.41, 5.74) is -1.24. The molecular weight excluding hydrogens is 362 g/mol. The van der Waals surface area contributed by atoms with Crippen LogP contribution in [0, 0.1) is 5.92 Å². The lowest BCUT2D eigenvalue weighted by atomic mass is 9.91. The number of carboxylic acid groups (broad SMARTS) is 1. The van der Waals surface area contributed by atoms with Crippen LogP contribution in [0.1, 0.15) is 19.5 Å². The molecule has 0 aliphatic carbocycles. The van der Waals surface area contributed by atoms with Gasteiger partial charge in [0.2, 0.25) is 0 Å². The van der Waals surface area contributed by atoms with E-state index in [9.17, 15) is 14.4 Å². The summed E-state index contributed by atoms with van der Waals surface area (Å²) in [6.07, 6.45) is 2.33. The number of hydrogen-bond acceptors (Lipinski definition) is 8. The molecule has 0 aromatic carbocycles. The quantitative estimate of drug-likeness (QED) is 0.276. The average Bonchev–Trinajstić information content (AvgIpc) is 3.01. The first kappa shape index (κ1) is 21.0. The molecule has 1 amide bonds. The normalized spacial score (nSPS) is 12.6. The van der Waals surface area contributed by atoms with Crippen molar-refractivity contribution in [3.63, 3.8) is 0 Å². The van der Waals surface area contributed by atoms with E-state index in [1.54, 1.807) is 0 Å². The van der Waals surface area contributed by atoms with Gasteiger partial charge >= 0.3 is 12.1 Å². The Morgan fingerprint density at radius 2 is 2.19 bits per heavy atom. The molecule has 0 fully saturated rings. The summed E-state index contributed by atoms with van der Waals surface area (Å²) < 4.78 is 4.75. The smallest absolute Gasteiger partial charge is 0.413 e. The molecule has 1 aromatic rings. The second-order valence-electron chi connectivity index (χ2n) is 5.39. The number of amides is 1. The van der Waals surface area contributed by atoms with Crippen molar-refractivity contribution in [1.29, 1.82) is 0 Å². The van der Waals surface area contributed by atoms with Crippen molar-refractivity contribution in [2.24, 2.45) is 11.1 Å². The first-order chi connectivity index (χ1) is 12.2. The van der Waals surface area contributed by atoms with Crippen molar-refractivity contribution in [2.75, 3.05) is 11.9 Å². The van der Waals surface area contributed by atoms with Gasteiger partial charge in [0.05, 0.1) is 0 Å². The van der Waals surface area contributed by atoms with Crippen molar-refractivity contribution in [3.05, 3.63) is 36.4 Å². The van der Waals surface area contributed by atoms with Crippen molar-refractivity contribution in [2.45, 2.75) is 19.4 Å². The number of anilines is 1. The maximum Gasteiger partial charge on any atom is 0.413 e. The van der Waals surface area contributed by atoms with Gasteiger partial charge in [0.1, 0.15) is 23.8 Å². The number of aromatic nitrogens is 1. The van der Waals surface area contributed by atoms with Crippen molar-refractivity contribution < 1.29 is 29.1 Å². The number of thiazole rings is 1. The Labute approximate surface area is 154 Å². The van der Waals surface area contributed by atoms with Crippen LogP contribution in [0.5, 0.6) is 0 Å². The van der Waals surface area contributed by atoms with Crippen LogP contribution in [0.2, 0.25) is 0 Å². The molecule has 1 aromatic heterocycles. The van der Waals surface area contributed by atoms with Gasteiger partial charge in [-0.2, -0.15) is 0 Å². The Morgan fingerprint density at radius 1 is 1.50 bits per heavy atom. The minimum Gasteiger partial charge on any atom is -0.481 e. The maximum atomic E-state index is 11.4. The van der Waals surface area contributed by atoms with E-state index in [1.165, 1.54) is 31.4 Å². The number of aldehydes is 1. The Hall–Kier alpha value is -3.01. The largest absolute Gasteiger partial charge is 0.481 e. The Bertz CT molecular complexity index is 725. The number of oxime groups is 1. The number of carbonyl (C=O) groups excluding carboxylic acids is 2. The van der Waals surface area contributed by atoms with Gasteiger partial charge in [0.25, 0.3) is 0 Å². The molecule has 1 unspecified atom stereocenters. The lowest BCUT2D eigenvalue weighted by molar-refractivity contribution is -0.150. The standard InChI is InChI=1S/C16H19N3O6S/c1-5-7-24-15(23)18-14-17-12(9-26-14)11(8-20)19-25-16(3,4)10(6-2)13(21)22/h5-6,8-10H,1-2,7H2,3-4H3,(H,21,22)(H,17,18,23)/b19-11+. The van der Waals surface area contributed by atoms with Crippen LogP contribution >= 0.6 is 11.3 Å². The van der Waals surface area contributed by atoms with Gasteiger partial charge in [0, 0.05) is 5.38 Å². The Morgan fingerprint density at radius 3 is 2.73 bits per heavy atom. The van der Waals surface area contributed by atoms with E-state index >= 15 is 0 Å². The molecule has 0 saturated carbocycles. The maximum absolute atomic E-state index is 11.4. The van der Waals surface area contributed by atoms with E-state index in [4.69, 9.17) is 14.7 Å². The zero-order valence-corrected chi connectivity index (χ0v) is 15.1. The molecule has 0 spiro atoms. The number of nitrogens with zero attached hydrogens (tertiary/aromatic N) is 2. The lowest BCUT2D eigenvalue weighted by Crippen LogP contribution is -2.37. The predicted octanol–water partition coefficient (Wildman–Crippen LogP) is 2.46. The van der Waals surface area contributed by atoms with Gasteiger partial charge in [0.15, 0.2) is 17.1 Å². The summed E-state index contributed by atoms with van der Waals surface area (Å²) >= 11 is 1.05. The molecule has 9 nitrogen and oxygen atoms in total. The van der Waals surface area contributed by atoms with Crippen LogP contribution in [-0.2, 0) is 19.2 Å². The average molecular weight is 381 g/mol. The molecule has 0 radical (unpaired) electrons. The molecule has 0 saturated heterocycles. The SMILES string of the molecule is C=CCOC(=O)Nc1nc(/C(C=O)=N/OC(C)(C)C(C=C)C(=O)O)cs1. The van der Waals surface area contributed by atoms with E-state index in [1.807, 2.05) is 0 Å². The highest BCUT2D eigenvalue weighted by molar-refractivity contribution is 7.14. The van der Waals surface area contributed by atoms with E-state index < -0.39 is 23.6 Å². The summed E-state index contributed by atoms with van der Waals surface area (Å²) in [4.78, 5) is 43.2. The molecule has 140 valence electrons. The minimum atomic E-state index is -1.24. The number of ether oxygens (including phenoxy) is 1. The van der Waals surface area contributed by atoms with Gasteiger partial charge in [-0.05, 0) is 13.8 Å². The number of aliphatic carboxylic acids is 1. The fourth-order valence-electron chi connectivity index (χ4n) is 1.74. The first-order valence-electron chi connectivity index (χ1n) is 7.32. The first-order valence-corrected chi connectivity index (χ1v) is 8.20. The van der Waals surface area contributed by atoms with Crippen LogP contribution in [0.4, 0.5) is 9.93 Å². The number of hydrogen-bond donors (Lipinski definition) is 2. The highest BCUT2D eigenvalue weighted by Gasteiger charge is 2.35. The summed E-state index contributed by atoms with van der Waals surface area (Å²) in [6, 6.07) is 0. The van der Waals surface area contributed by atoms with E-state index in [0.29, 0.717) is 6.29 Å². The van der Waals surface area contributed by atoms with Crippen LogP contribution in [0.3, 0.4) is 0 Å². The zero-order chi connectivity index (χ0) is 19.7. The van der Waals surface area contributed by atoms with Crippen molar-refractivity contribution in [1.82, 2.24) is 4.98 Å². The third kappa shape index (κ3) is 5.81. The van der Waals surface area contributed by atoms with Crippen LogP contribution in [0.25, 0.3) is 0 Å². The molecule has 1 atom stereocenters. The summed E-state index contributed by atoms with van der Waals surface area (Å²) in [7, 11) is 0. The molecule has 1 heterocycles. The van der Waals surface area contributed by atoms with Gasteiger partial charge in [-0.15, -0.1) is 17.9 Å². The van der Waals surface area contributed by atoms with Gasteiger partial charge in [-0.1, -0.05) is 23.9 Å². The van der Waals surface area contributed by atoms with Crippen LogP contribution in [0.15, 0.2) is 35.8 Å². The number of carbonyl (C=O) groups is 3. The molecular formula is C16H19N3O6S. The van der Waals surface area contributed by atoms with Crippen molar-refractivity contribution >= 4 is 40.5 Å². The highest BCUT2D eigenvalue weighted by Crippen LogP contribution is 2.24. The summed E-state index contributed by atoms with van der Waals surface area (Å²) in [5, 5.41) is 16.9. The molecule has 0 aliphatic rings. The van der Waals surface area contributed by atoms with Gasteiger partial charge in [-0.25, -0.2) is 9.78 Å². The summed E-state index contributed by atoms with van der Waals surface area (Å²) in [6.45, 7) is 9.93. The fourth-order valence-corrected chi connectivity index (χ4v) is 2.43. The molecule has 0 aliphatic heterocycles. The van der Waals surface area contributed by atoms with Crippen LogP contribution in [-0.4, -0.2) is 46.4 Å².